The number of aryl methyl sites for hydroxylation is 1. The first kappa shape index (κ1) is 18.5. The highest BCUT2D eigenvalue weighted by Gasteiger charge is 2.23. The van der Waals surface area contributed by atoms with Crippen molar-refractivity contribution in [3.8, 4) is 5.75 Å². The molecule has 2 N–H and O–H groups in total. The smallest absolute Gasteiger partial charge is 0.449 e. The molecule has 1 aliphatic rings. The molecule has 0 radical (unpaired) electrons. The zero-order valence-corrected chi connectivity index (χ0v) is 15.2. The number of benzene rings is 1. The summed E-state index contributed by atoms with van der Waals surface area (Å²) >= 11 is 5.77. The Morgan fingerprint density at radius 2 is 2.00 bits per heavy atom. The van der Waals surface area contributed by atoms with Crippen molar-refractivity contribution in [3.63, 3.8) is 0 Å². The molecule has 3 rings (SSSR count). The van der Waals surface area contributed by atoms with Crippen molar-refractivity contribution < 1.29 is 19.4 Å². The number of carbonyl (C=O) groups excluding carboxylic acids is 1. The van der Waals surface area contributed by atoms with E-state index in [1.54, 1.807) is 27.8 Å². The second-order valence-electron chi connectivity index (χ2n) is 6.21. The van der Waals surface area contributed by atoms with Gasteiger partial charge in [-0.3, -0.25) is 4.57 Å². The molecule has 1 fully saturated rings. The van der Waals surface area contributed by atoms with Crippen LogP contribution < -0.4 is 10.1 Å². The highest BCUT2D eigenvalue weighted by Crippen LogP contribution is 2.32. The summed E-state index contributed by atoms with van der Waals surface area (Å²) in [6.45, 7) is 2.82. The van der Waals surface area contributed by atoms with Crippen molar-refractivity contribution >= 4 is 34.7 Å². The van der Waals surface area contributed by atoms with Gasteiger partial charge in [0.2, 0.25) is 0 Å². The van der Waals surface area contributed by atoms with Gasteiger partial charge in [-0.1, -0.05) is 6.07 Å². The van der Waals surface area contributed by atoms with Crippen molar-refractivity contribution in [2.24, 2.45) is 0 Å². The lowest BCUT2D eigenvalue weighted by atomic mass is 10.1. The fraction of sp³-hybridized carbons (Fsp3) is 0.444. The third kappa shape index (κ3) is 3.94. The average Bonchev–Trinajstić information content (AvgIpc) is 3.01. The number of carbonyl (C=O) groups is 2. The minimum Gasteiger partial charge on any atom is -0.449 e. The molecule has 1 aromatic heterocycles. The minimum atomic E-state index is -1.37. The largest absolute Gasteiger partial charge is 0.511 e. The molecule has 26 heavy (non-hydrogen) atoms. The summed E-state index contributed by atoms with van der Waals surface area (Å²) in [7, 11) is 0. The second kappa shape index (κ2) is 8.42. The number of ether oxygens (including phenoxy) is 1. The number of aromatic nitrogens is 1. The van der Waals surface area contributed by atoms with Gasteiger partial charge >= 0.3 is 12.2 Å². The Kier molecular flexibility index (Phi) is 6.00. The molecular weight excluding hydrogens is 358 g/mol. The molecule has 0 bridgehead atoms. The SMILES string of the molecule is O=C(O)Oc1cccc2c1c(CCCCCl)cn2C(=O)N1CCNCC1. The number of hydrogen-bond donors (Lipinski definition) is 2. The van der Waals surface area contributed by atoms with Crippen LogP contribution in [0.15, 0.2) is 24.4 Å². The predicted molar refractivity (Wildman–Crippen MR) is 99.5 cm³/mol. The van der Waals surface area contributed by atoms with E-state index in [1.165, 1.54) is 0 Å². The zero-order chi connectivity index (χ0) is 18.5. The molecule has 1 amide bonds. The predicted octanol–water partition coefficient (Wildman–Crippen LogP) is 3.13. The van der Waals surface area contributed by atoms with Gasteiger partial charge in [0.1, 0.15) is 5.75 Å². The van der Waals surface area contributed by atoms with E-state index in [9.17, 15) is 9.59 Å². The van der Waals surface area contributed by atoms with Gasteiger partial charge in [0.15, 0.2) is 0 Å². The van der Waals surface area contributed by atoms with Gasteiger partial charge in [-0.05, 0) is 37.0 Å². The Hall–Kier alpha value is -2.25. The van der Waals surface area contributed by atoms with Gasteiger partial charge < -0.3 is 20.1 Å². The molecule has 0 aliphatic carbocycles. The van der Waals surface area contributed by atoms with E-state index in [0.29, 0.717) is 36.3 Å². The molecule has 140 valence electrons. The van der Waals surface area contributed by atoms with E-state index in [4.69, 9.17) is 21.4 Å². The average molecular weight is 380 g/mol. The number of carboxylic acid groups (broad SMARTS) is 1. The molecule has 2 aromatic rings. The maximum atomic E-state index is 13.0. The molecule has 1 aliphatic heterocycles. The maximum absolute atomic E-state index is 13.0. The van der Waals surface area contributed by atoms with Gasteiger partial charge in [-0.25, -0.2) is 9.59 Å². The third-order valence-electron chi connectivity index (χ3n) is 4.49. The van der Waals surface area contributed by atoms with Gasteiger partial charge in [0.25, 0.3) is 0 Å². The van der Waals surface area contributed by atoms with Crippen LogP contribution in [0.2, 0.25) is 0 Å². The van der Waals surface area contributed by atoms with Crippen LogP contribution in [0.3, 0.4) is 0 Å². The Labute approximate surface area is 156 Å². The van der Waals surface area contributed by atoms with Gasteiger partial charge in [-0.2, -0.15) is 0 Å². The number of nitrogens with zero attached hydrogens (tertiary/aromatic N) is 2. The highest BCUT2D eigenvalue weighted by molar-refractivity contribution is 6.17. The molecule has 0 spiro atoms. The van der Waals surface area contributed by atoms with E-state index >= 15 is 0 Å². The molecule has 0 unspecified atom stereocenters. The number of amides is 1. The number of hydrogen-bond acceptors (Lipinski definition) is 4. The summed E-state index contributed by atoms with van der Waals surface area (Å²) in [4.78, 5) is 25.8. The Morgan fingerprint density at radius 3 is 2.69 bits per heavy atom. The van der Waals surface area contributed by atoms with Gasteiger partial charge in [0.05, 0.1) is 5.52 Å². The van der Waals surface area contributed by atoms with Crippen LogP contribution in [-0.4, -0.2) is 58.8 Å². The van der Waals surface area contributed by atoms with Crippen molar-refractivity contribution in [1.29, 1.82) is 0 Å². The summed E-state index contributed by atoms with van der Waals surface area (Å²) in [5.41, 5.74) is 1.55. The van der Waals surface area contributed by atoms with E-state index in [2.05, 4.69) is 5.32 Å². The summed E-state index contributed by atoms with van der Waals surface area (Å²) in [6, 6.07) is 5.02. The topological polar surface area (TPSA) is 83.8 Å². The number of rotatable bonds is 5. The standard InChI is InChI=1S/C18H22ClN3O4/c19-7-2-1-4-13-12-22(17(23)21-10-8-20-9-11-21)14-5-3-6-15(16(13)14)26-18(24)25/h3,5-6,12,20H,1-2,4,7-11H2,(H,24,25). The van der Waals surface area contributed by atoms with E-state index < -0.39 is 6.16 Å². The van der Waals surface area contributed by atoms with Crippen LogP contribution in [0, 0.1) is 0 Å². The first-order chi connectivity index (χ1) is 12.6. The number of alkyl halides is 1. The molecule has 2 heterocycles. The van der Waals surface area contributed by atoms with E-state index in [1.807, 2.05) is 6.07 Å². The van der Waals surface area contributed by atoms with Crippen molar-refractivity contribution in [1.82, 2.24) is 14.8 Å². The number of fused-ring (bicyclic) bond motifs is 1. The molecule has 1 saturated heterocycles. The molecular formula is C18H22ClN3O4. The van der Waals surface area contributed by atoms with Gasteiger partial charge in [0, 0.05) is 43.6 Å². The lowest BCUT2D eigenvalue weighted by Gasteiger charge is -2.27. The number of halogens is 1. The van der Waals surface area contributed by atoms with Crippen LogP contribution in [0.1, 0.15) is 18.4 Å². The van der Waals surface area contributed by atoms with Crippen LogP contribution in [0.25, 0.3) is 10.9 Å². The Bertz CT molecular complexity index is 799. The summed E-state index contributed by atoms with van der Waals surface area (Å²) in [6.07, 6.45) is 2.84. The first-order valence-corrected chi connectivity index (χ1v) is 9.25. The maximum Gasteiger partial charge on any atom is 0.511 e. The number of unbranched alkanes of at least 4 members (excludes halogenated alkanes) is 1. The van der Waals surface area contributed by atoms with Crippen LogP contribution in [-0.2, 0) is 6.42 Å². The lowest BCUT2D eigenvalue weighted by molar-refractivity contribution is 0.145. The summed E-state index contributed by atoms with van der Waals surface area (Å²) in [5, 5.41) is 12.9. The van der Waals surface area contributed by atoms with Crippen molar-refractivity contribution in [2.75, 3.05) is 32.1 Å². The van der Waals surface area contributed by atoms with Crippen LogP contribution in [0.4, 0.5) is 9.59 Å². The molecule has 8 heteroatoms. The summed E-state index contributed by atoms with van der Waals surface area (Å²) in [5.74, 6) is 0.819. The summed E-state index contributed by atoms with van der Waals surface area (Å²) < 4.78 is 6.56. The fourth-order valence-corrected chi connectivity index (χ4v) is 3.47. The third-order valence-corrected chi connectivity index (χ3v) is 4.76. The van der Waals surface area contributed by atoms with Crippen molar-refractivity contribution in [3.05, 3.63) is 30.0 Å². The van der Waals surface area contributed by atoms with Crippen LogP contribution >= 0.6 is 11.6 Å². The van der Waals surface area contributed by atoms with Crippen LogP contribution in [0.5, 0.6) is 5.75 Å². The monoisotopic (exact) mass is 379 g/mol. The van der Waals surface area contributed by atoms with E-state index in [-0.39, 0.29) is 11.8 Å². The van der Waals surface area contributed by atoms with E-state index in [0.717, 1.165) is 31.5 Å². The number of piperazine rings is 1. The first-order valence-electron chi connectivity index (χ1n) is 8.71. The molecule has 7 nitrogen and oxygen atoms in total. The Balaban J connectivity index is 2.02. The Morgan fingerprint density at radius 1 is 1.23 bits per heavy atom. The fourth-order valence-electron chi connectivity index (χ4n) is 3.28. The zero-order valence-electron chi connectivity index (χ0n) is 14.4. The second-order valence-corrected chi connectivity index (χ2v) is 6.59. The number of nitrogens with one attached hydrogen (secondary N) is 1. The quantitative estimate of drug-likeness (QED) is 0.361. The molecule has 1 aromatic carbocycles. The minimum absolute atomic E-state index is 0.104. The lowest BCUT2D eigenvalue weighted by Crippen LogP contribution is -2.47. The molecule has 0 saturated carbocycles. The molecule has 0 atom stereocenters. The van der Waals surface area contributed by atoms with Crippen molar-refractivity contribution in [2.45, 2.75) is 19.3 Å². The normalized spacial score (nSPS) is 14.6. The highest BCUT2D eigenvalue weighted by atomic mass is 35.5. The van der Waals surface area contributed by atoms with Gasteiger partial charge in [-0.15, -0.1) is 11.6 Å².